The SMILES string of the molecule is Cc1cc(-c2cncc(C3CCN(C)CC3)n2)n[nH]1. The number of rotatable bonds is 2. The first-order chi connectivity index (χ1) is 9.22. The van der Waals surface area contributed by atoms with Crippen LogP contribution in [-0.4, -0.2) is 45.2 Å². The fourth-order valence-electron chi connectivity index (χ4n) is 2.55. The van der Waals surface area contributed by atoms with Gasteiger partial charge in [-0.1, -0.05) is 0 Å². The highest BCUT2D eigenvalue weighted by Gasteiger charge is 2.20. The molecule has 2 aromatic rings. The summed E-state index contributed by atoms with van der Waals surface area (Å²) in [6.45, 7) is 4.26. The molecule has 1 aliphatic rings. The van der Waals surface area contributed by atoms with Crippen molar-refractivity contribution in [2.24, 2.45) is 0 Å². The van der Waals surface area contributed by atoms with Gasteiger partial charge in [-0.15, -0.1) is 0 Å². The normalized spacial score (nSPS) is 17.8. The van der Waals surface area contributed by atoms with E-state index in [1.165, 1.54) is 0 Å². The molecule has 100 valence electrons. The molecule has 1 aliphatic heterocycles. The average Bonchev–Trinajstić information content (AvgIpc) is 2.86. The zero-order valence-corrected chi connectivity index (χ0v) is 11.4. The van der Waals surface area contributed by atoms with E-state index in [2.05, 4.69) is 27.1 Å². The fourth-order valence-corrected chi connectivity index (χ4v) is 2.55. The first kappa shape index (κ1) is 12.3. The lowest BCUT2D eigenvalue weighted by Crippen LogP contribution is -2.29. The molecule has 3 heterocycles. The third kappa shape index (κ3) is 2.66. The van der Waals surface area contributed by atoms with Crippen LogP contribution in [0, 0.1) is 6.92 Å². The van der Waals surface area contributed by atoms with Crippen LogP contribution in [0.5, 0.6) is 0 Å². The molecule has 1 saturated heterocycles. The number of H-pyrrole nitrogens is 1. The average molecular weight is 257 g/mol. The predicted octanol–water partition coefficient (Wildman–Crippen LogP) is 1.98. The van der Waals surface area contributed by atoms with Gasteiger partial charge in [0, 0.05) is 17.8 Å². The van der Waals surface area contributed by atoms with Gasteiger partial charge in [0.1, 0.15) is 11.4 Å². The molecule has 0 aliphatic carbocycles. The molecule has 0 unspecified atom stereocenters. The summed E-state index contributed by atoms with van der Waals surface area (Å²) in [5.74, 6) is 0.531. The van der Waals surface area contributed by atoms with Gasteiger partial charge in [0.25, 0.3) is 0 Å². The zero-order valence-electron chi connectivity index (χ0n) is 11.4. The second kappa shape index (κ2) is 5.09. The lowest BCUT2D eigenvalue weighted by molar-refractivity contribution is 0.253. The van der Waals surface area contributed by atoms with Crippen molar-refractivity contribution in [2.45, 2.75) is 25.7 Å². The number of nitrogens with zero attached hydrogens (tertiary/aromatic N) is 4. The Balaban J connectivity index is 1.84. The number of aromatic nitrogens is 4. The molecule has 5 heteroatoms. The minimum Gasteiger partial charge on any atom is -0.306 e. The van der Waals surface area contributed by atoms with Gasteiger partial charge < -0.3 is 4.90 Å². The molecule has 1 fully saturated rings. The Hall–Kier alpha value is -1.75. The van der Waals surface area contributed by atoms with Gasteiger partial charge in [0.05, 0.1) is 11.9 Å². The summed E-state index contributed by atoms with van der Waals surface area (Å²) in [6, 6.07) is 2.00. The molecular weight excluding hydrogens is 238 g/mol. The molecule has 2 aromatic heterocycles. The van der Waals surface area contributed by atoms with Crippen molar-refractivity contribution in [3.05, 3.63) is 29.8 Å². The van der Waals surface area contributed by atoms with Crippen molar-refractivity contribution in [3.8, 4) is 11.4 Å². The molecule has 19 heavy (non-hydrogen) atoms. The molecule has 0 radical (unpaired) electrons. The van der Waals surface area contributed by atoms with E-state index in [4.69, 9.17) is 4.98 Å². The van der Waals surface area contributed by atoms with Gasteiger partial charge in [-0.25, -0.2) is 4.98 Å². The lowest BCUT2D eigenvalue weighted by atomic mass is 9.94. The summed E-state index contributed by atoms with van der Waals surface area (Å²) in [6.07, 6.45) is 6.01. The van der Waals surface area contributed by atoms with Gasteiger partial charge in [0.15, 0.2) is 0 Å². The summed E-state index contributed by atoms with van der Waals surface area (Å²) >= 11 is 0. The molecule has 3 rings (SSSR count). The Kier molecular flexibility index (Phi) is 3.29. The van der Waals surface area contributed by atoms with Crippen molar-refractivity contribution in [3.63, 3.8) is 0 Å². The molecular formula is C14H19N5. The second-order valence-corrected chi connectivity index (χ2v) is 5.34. The summed E-state index contributed by atoms with van der Waals surface area (Å²) in [5.41, 5.74) is 3.88. The van der Waals surface area contributed by atoms with Crippen LogP contribution in [0.2, 0.25) is 0 Å². The number of aromatic amines is 1. The van der Waals surface area contributed by atoms with Crippen LogP contribution in [0.25, 0.3) is 11.4 Å². The number of likely N-dealkylation sites (tertiary alicyclic amines) is 1. The Morgan fingerprint density at radius 3 is 2.68 bits per heavy atom. The van der Waals surface area contributed by atoms with Crippen molar-refractivity contribution in [1.29, 1.82) is 0 Å². The summed E-state index contributed by atoms with van der Waals surface area (Å²) in [7, 11) is 2.17. The maximum atomic E-state index is 4.74. The third-order valence-electron chi connectivity index (χ3n) is 3.76. The zero-order chi connectivity index (χ0) is 13.2. The Morgan fingerprint density at radius 1 is 1.21 bits per heavy atom. The van der Waals surface area contributed by atoms with Crippen molar-refractivity contribution >= 4 is 0 Å². The van der Waals surface area contributed by atoms with Gasteiger partial charge in [-0.05, 0) is 46.0 Å². The minimum atomic E-state index is 0.531. The van der Waals surface area contributed by atoms with Crippen molar-refractivity contribution in [1.82, 2.24) is 25.1 Å². The highest BCUT2D eigenvalue weighted by Crippen LogP contribution is 2.26. The second-order valence-electron chi connectivity index (χ2n) is 5.34. The van der Waals surface area contributed by atoms with Crippen molar-refractivity contribution < 1.29 is 0 Å². The Labute approximate surface area is 113 Å². The van der Waals surface area contributed by atoms with Crippen LogP contribution in [0.4, 0.5) is 0 Å². The summed E-state index contributed by atoms with van der Waals surface area (Å²) < 4.78 is 0. The Morgan fingerprint density at radius 2 is 2.00 bits per heavy atom. The predicted molar refractivity (Wildman–Crippen MR) is 73.8 cm³/mol. The number of aryl methyl sites for hydroxylation is 1. The first-order valence-corrected chi connectivity index (χ1v) is 6.75. The van der Waals surface area contributed by atoms with E-state index in [1.54, 1.807) is 6.20 Å². The van der Waals surface area contributed by atoms with Gasteiger partial charge in [0.2, 0.25) is 0 Å². The van der Waals surface area contributed by atoms with Gasteiger partial charge >= 0.3 is 0 Å². The van der Waals surface area contributed by atoms with Gasteiger partial charge in [-0.3, -0.25) is 10.1 Å². The number of hydrogen-bond donors (Lipinski definition) is 1. The molecule has 0 spiro atoms. The molecule has 0 amide bonds. The molecule has 0 bridgehead atoms. The fraction of sp³-hybridized carbons (Fsp3) is 0.500. The number of hydrogen-bond acceptors (Lipinski definition) is 4. The van der Waals surface area contributed by atoms with Crippen LogP contribution < -0.4 is 0 Å². The molecule has 0 atom stereocenters. The molecule has 0 aromatic carbocycles. The smallest absolute Gasteiger partial charge is 0.112 e. The van der Waals surface area contributed by atoms with E-state index in [0.717, 1.165) is 48.7 Å². The number of piperidine rings is 1. The van der Waals surface area contributed by atoms with E-state index in [9.17, 15) is 0 Å². The quantitative estimate of drug-likeness (QED) is 0.893. The van der Waals surface area contributed by atoms with E-state index < -0.39 is 0 Å². The van der Waals surface area contributed by atoms with Crippen LogP contribution >= 0.6 is 0 Å². The van der Waals surface area contributed by atoms with Gasteiger partial charge in [-0.2, -0.15) is 5.10 Å². The highest BCUT2D eigenvalue weighted by atomic mass is 15.1. The molecule has 1 N–H and O–H groups in total. The lowest BCUT2D eigenvalue weighted by Gasteiger charge is -2.28. The monoisotopic (exact) mass is 257 g/mol. The highest BCUT2D eigenvalue weighted by molar-refractivity contribution is 5.52. The third-order valence-corrected chi connectivity index (χ3v) is 3.76. The van der Waals surface area contributed by atoms with Crippen LogP contribution in [0.15, 0.2) is 18.5 Å². The van der Waals surface area contributed by atoms with E-state index >= 15 is 0 Å². The van der Waals surface area contributed by atoms with E-state index in [0.29, 0.717) is 5.92 Å². The Bertz CT molecular complexity index is 554. The molecule has 0 saturated carbocycles. The van der Waals surface area contributed by atoms with E-state index in [1.807, 2.05) is 19.2 Å². The first-order valence-electron chi connectivity index (χ1n) is 6.75. The van der Waals surface area contributed by atoms with Crippen LogP contribution in [0.1, 0.15) is 30.1 Å². The molecule has 5 nitrogen and oxygen atoms in total. The van der Waals surface area contributed by atoms with Crippen LogP contribution in [0.3, 0.4) is 0 Å². The standard InChI is InChI=1S/C14H19N5/c1-10-7-12(18-17-10)14-9-15-8-13(16-14)11-3-5-19(2)6-4-11/h7-9,11H,3-6H2,1-2H3,(H,17,18). The largest absolute Gasteiger partial charge is 0.306 e. The summed E-state index contributed by atoms with van der Waals surface area (Å²) in [5, 5.41) is 7.20. The maximum absolute atomic E-state index is 4.74. The van der Waals surface area contributed by atoms with Crippen LogP contribution in [-0.2, 0) is 0 Å². The summed E-state index contributed by atoms with van der Waals surface area (Å²) in [4.78, 5) is 11.4. The van der Waals surface area contributed by atoms with Crippen molar-refractivity contribution in [2.75, 3.05) is 20.1 Å². The number of nitrogens with one attached hydrogen (secondary N) is 1. The maximum Gasteiger partial charge on any atom is 0.112 e. The topological polar surface area (TPSA) is 57.7 Å². The van der Waals surface area contributed by atoms with E-state index in [-0.39, 0.29) is 0 Å². The minimum absolute atomic E-state index is 0.531.